The molecule has 0 spiro atoms. The highest BCUT2D eigenvalue weighted by molar-refractivity contribution is 5.76. The Morgan fingerprint density at radius 2 is 2.00 bits per heavy atom. The quantitative estimate of drug-likeness (QED) is 0.824. The number of nitrogens with one attached hydrogen (secondary N) is 1. The summed E-state index contributed by atoms with van der Waals surface area (Å²) in [5.41, 5.74) is 0.411. The third kappa shape index (κ3) is 4.66. The van der Waals surface area contributed by atoms with Crippen molar-refractivity contribution in [1.29, 1.82) is 0 Å². The van der Waals surface area contributed by atoms with Gasteiger partial charge in [-0.3, -0.25) is 4.79 Å². The molecule has 2 unspecified atom stereocenters. The third-order valence-corrected chi connectivity index (χ3v) is 3.93. The maximum absolute atomic E-state index is 13.7. The molecular weight excluding hydrogens is 297 g/mol. The monoisotopic (exact) mass is 319 g/mol. The maximum Gasteiger partial charge on any atom is 0.220 e. The number of rotatable bonds is 7. The molecule has 0 radical (unpaired) electrons. The van der Waals surface area contributed by atoms with Gasteiger partial charge in [0.25, 0.3) is 0 Å². The average molecular weight is 319 g/mol. The normalized spacial score (nSPS) is 13.6. The van der Waals surface area contributed by atoms with Crippen LogP contribution in [0.25, 0.3) is 11.3 Å². The molecule has 5 heteroatoms. The lowest BCUT2D eigenvalue weighted by atomic mass is 10.0. The lowest BCUT2D eigenvalue weighted by Crippen LogP contribution is -2.38. The number of aliphatic hydroxyl groups is 1. The van der Waals surface area contributed by atoms with Crippen LogP contribution in [0.15, 0.2) is 40.8 Å². The number of amides is 1. The van der Waals surface area contributed by atoms with Crippen molar-refractivity contribution in [2.75, 3.05) is 6.61 Å². The van der Waals surface area contributed by atoms with E-state index < -0.39 is 0 Å². The van der Waals surface area contributed by atoms with Crippen molar-refractivity contribution in [1.82, 2.24) is 5.32 Å². The first-order chi connectivity index (χ1) is 11.0. The van der Waals surface area contributed by atoms with Crippen molar-refractivity contribution in [2.24, 2.45) is 5.92 Å². The first-order valence-electron chi connectivity index (χ1n) is 7.75. The molecule has 2 N–H and O–H groups in total. The number of benzene rings is 1. The molecule has 1 heterocycles. The van der Waals surface area contributed by atoms with Gasteiger partial charge in [0.05, 0.1) is 5.56 Å². The van der Waals surface area contributed by atoms with Crippen molar-refractivity contribution in [3.63, 3.8) is 0 Å². The van der Waals surface area contributed by atoms with Gasteiger partial charge in [0.1, 0.15) is 17.3 Å². The van der Waals surface area contributed by atoms with E-state index >= 15 is 0 Å². The average Bonchev–Trinajstić information content (AvgIpc) is 3.01. The second-order valence-electron chi connectivity index (χ2n) is 5.76. The molecule has 1 aromatic carbocycles. The zero-order valence-electron chi connectivity index (χ0n) is 13.4. The molecule has 0 aliphatic carbocycles. The van der Waals surface area contributed by atoms with E-state index in [1.807, 2.05) is 13.8 Å². The fraction of sp³-hybridized carbons (Fsp3) is 0.389. The predicted molar refractivity (Wildman–Crippen MR) is 86.3 cm³/mol. The van der Waals surface area contributed by atoms with Gasteiger partial charge < -0.3 is 14.8 Å². The molecule has 4 nitrogen and oxygen atoms in total. The van der Waals surface area contributed by atoms with E-state index in [4.69, 9.17) is 9.52 Å². The summed E-state index contributed by atoms with van der Waals surface area (Å²) in [6.45, 7) is 3.77. The van der Waals surface area contributed by atoms with Crippen LogP contribution in [-0.2, 0) is 11.2 Å². The SMILES string of the molecule is CC(CO)C(C)NC(=O)CCc1ccc(-c2ccccc2F)o1. The summed E-state index contributed by atoms with van der Waals surface area (Å²) in [7, 11) is 0. The Hall–Kier alpha value is -2.14. The van der Waals surface area contributed by atoms with E-state index in [9.17, 15) is 9.18 Å². The summed E-state index contributed by atoms with van der Waals surface area (Å²) in [6, 6.07) is 9.80. The molecule has 23 heavy (non-hydrogen) atoms. The Labute approximate surface area is 135 Å². The van der Waals surface area contributed by atoms with Gasteiger partial charge in [-0.15, -0.1) is 0 Å². The van der Waals surface area contributed by atoms with Crippen molar-refractivity contribution in [3.05, 3.63) is 48.0 Å². The van der Waals surface area contributed by atoms with E-state index in [1.165, 1.54) is 6.07 Å². The van der Waals surface area contributed by atoms with Crippen LogP contribution in [0.3, 0.4) is 0 Å². The number of carbonyl (C=O) groups is 1. The third-order valence-electron chi connectivity index (χ3n) is 3.93. The van der Waals surface area contributed by atoms with Gasteiger partial charge in [0, 0.05) is 25.5 Å². The van der Waals surface area contributed by atoms with E-state index in [-0.39, 0.29) is 36.7 Å². The molecule has 2 aromatic rings. The van der Waals surface area contributed by atoms with Gasteiger partial charge in [-0.25, -0.2) is 4.39 Å². The Kier molecular flexibility index (Phi) is 5.93. The predicted octanol–water partition coefficient (Wildman–Crippen LogP) is 3.15. The van der Waals surface area contributed by atoms with E-state index in [0.717, 1.165) is 0 Å². The summed E-state index contributed by atoms with van der Waals surface area (Å²) in [5, 5.41) is 11.9. The van der Waals surface area contributed by atoms with E-state index in [1.54, 1.807) is 30.3 Å². The number of halogens is 1. The lowest BCUT2D eigenvalue weighted by Gasteiger charge is -2.19. The standard InChI is InChI=1S/C18H22FNO3/c1-12(11-21)13(2)20-18(22)10-8-14-7-9-17(23-14)15-5-3-4-6-16(15)19/h3-7,9,12-13,21H,8,10-11H2,1-2H3,(H,20,22). The van der Waals surface area contributed by atoms with Crippen LogP contribution in [-0.4, -0.2) is 23.7 Å². The van der Waals surface area contributed by atoms with E-state index in [2.05, 4.69) is 5.32 Å². The van der Waals surface area contributed by atoms with Crippen LogP contribution in [0.4, 0.5) is 4.39 Å². The number of aliphatic hydroxyl groups excluding tert-OH is 1. The number of furan rings is 1. The first kappa shape index (κ1) is 17.2. The Morgan fingerprint density at radius 1 is 1.26 bits per heavy atom. The van der Waals surface area contributed by atoms with Crippen LogP contribution < -0.4 is 5.32 Å². The van der Waals surface area contributed by atoms with Crippen molar-refractivity contribution < 1.29 is 18.7 Å². The highest BCUT2D eigenvalue weighted by atomic mass is 19.1. The zero-order valence-corrected chi connectivity index (χ0v) is 13.4. The summed E-state index contributed by atoms with van der Waals surface area (Å²) >= 11 is 0. The molecular formula is C18H22FNO3. The summed E-state index contributed by atoms with van der Waals surface area (Å²) in [6.07, 6.45) is 0.729. The number of hydrogen-bond acceptors (Lipinski definition) is 3. The minimum Gasteiger partial charge on any atom is -0.461 e. The minimum absolute atomic E-state index is 0.00946. The number of carbonyl (C=O) groups excluding carboxylic acids is 1. The van der Waals surface area contributed by atoms with Crippen LogP contribution in [0.5, 0.6) is 0 Å². The molecule has 0 aliphatic heterocycles. The van der Waals surface area contributed by atoms with Crippen molar-refractivity contribution >= 4 is 5.91 Å². The molecule has 1 aromatic heterocycles. The molecule has 0 fully saturated rings. The summed E-state index contributed by atoms with van der Waals surface area (Å²) in [5.74, 6) is 0.678. The van der Waals surface area contributed by atoms with Gasteiger partial charge in [-0.05, 0) is 37.1 Å². The number of hydrogen-bond donors (Lipinski definition) is 2. The first-order valence-corrected chi connectivity index (χ1v) is 7.75. The molecule has 2 rings (SSSR count). The van der Waals surface area contributed by atoms with Crippen molar-refractivity contribution in [3.8, 4) is 11.3 Å². The Morgan fingerprint density at radius 3 is 2.70 bits per heavy atom. The minimum atomic E-state index is -0.335. The highest BCUT2D eigenvalue weighted by Gasteiger charge is 2.15. The highest BCUT2D eigenvalue weighted by Crippen LogP contribution is 2.25. The Balaban J connectivity index is 1.90. The number of aryl methyl sites for hydroxylation is 1. The second-order valence-corrected chi connectivity index (χ2v) is 5.76. The molecule has 0 saturated carbocycles. The van der Waals surface area contributed by atoms with Gasteiger partial charge >= 0.3 is 0 Å². The van der Waals surface area contributed by atoms with Gasteiger partial charge in [0.2, 0.25) is 5.91 Å². The smallest absolute Gasteiger partial charge is 0.220 e. The maximum atomic E-state index is 13.7. The van der Waals surface area contributed by atoms with Crippen LogP contribution >= 0.6 is 0 Å². The topological polar surface area (TPSA) is 62.5 Å². The molecule has 0 saturated heterocycles. The molecule has 0 bridgehead atoms. The zero-order chi connectivity index (χ0) is 16.8. The fourth-order valence-corrected chi connectivity index (χ4v) is 2.18. The van der Waals surface area contributed by atoms with Gasteiger partial charge in [-0.1, -0.05) is 19.1 Å². The van der Waals surface area contributed by atoms with Gasteiger partial charge in [-0.2, -0.15) is 0 Å². The molecule has 0 aliphatic rings. The largest absolute Gasteiger partial charge is 0.461 e. The van der Waals surface area contributed by atoms with Crippen LogP contribution in [0.2, 0.25) is 0 Å². The lowest BCUT2D eigenvalue weighted by molar-refractivity contribution is -0.122. The molecule has 124 valence electrons. The second kappa shape index (κ2) is 7.92. The Bertz CT molecular complexity index is 653. The fourth-order valence-electron chi connectivity index (χ4n) is 2.18. The summed E-state index contributed by atoms with van der Waals surface area (Å²) < 4.78 is 19.3. The van der Waals surface area contributed by atoms with Gasteiger partial charge in [0.15, 0.2) is 0 Å². The molecule has 2 atom stereocenters. The van der Waals surface area contributed by atoms with Crippen LogP contribution in [0, 0.1) is 11.7 Å². The van der Waals surface area contributed by atoms with Crippen LogP contribution in [0.1, 0.15) is 26.0 Å². The molecule has 1 amide bonds. The van der Waals surface area contributed by atoms with Crippen molar-refractivity contribution in [2.45, 2.75) is 32.7 Å². The summed E-state index contributed by atoms with van der Waals surface area (Å²) in [4.78, 5) is 11.9. The van der Waals surface area contributed by atoms with E-state index in [0.29, 0.717) is 23.5 Å².